The molecule has 0 aliphatic heterocycles. The lowest BCUT2D eigenvalue weighted by Gasteiger charge is -2.39. The first-order valence-electron chi connectivity index (χ1n) is 9.73. The van der Waals surface area contributed by atoms with Gasteiger partial charge in [-0.1, -0.05) is 13.8 Å². The Kier molecular flexibility index (Phi) is 7.32. The maximum Gasteiger partial charge on any atom is 0.408 e. The summed E-state index contributed by atoms with van der Waals surface area (Å²) in [5, 5.41) is 26.3. The second-order valence-electron chi connectivity index (χ2n) is 8.45. The Labute approximate surface area is 180 Å². The quantitative estimate of drug-likeness (QED) is 0.539. The van der Waals surface area contributed by atoms with Gasteiger partial charge in [-0.25, -0.2) is 4.79 Å². The fourth-order valence-corrected chi connectivity index (χ4v) is 3.31. The van der Waals surface area contributed by atoms with Crippen LogP contribution in [0.4, 0.5) is 10.5 Å². The summed E-state index contributed by atoms with van der Waals surface area (Å²) in [6.45, 7) is 9.02. The average Bonchev–Trinajstić information content (AvgIpc) is 3.19. The maximum absolute atomic E-state index is 13.3. The molecule has 0 fully saturated rings. The van der Waals surface area contributed by atoms with E-state index < -0.39 is 23.6 Å². The molecular formula is C20H28N6O5. The molecule has 2 aromatic rings. The monoisotopic (exact) mass is 432 g/mol. The van der Waals surface area contributed by atoms with Crippen LogP contribution in [0.15, 0.2) is 12.1 Å². The topological polar surface area (TPSA) is 150 Å². The van der Waals surface area contributed by atoms with Gasteiger partial charge < -0.3 is 15.2 Å². The molecule has 0 unspecified atom stereocenters. The van der Waals surface area contributed by atoms with Crippen molar-refractivity contribution in [2.45, 2.75) is 52.6 Å². The number of carboxylic acid groups (broad SMARTS) is 1. The summed E-state index contributed by atoms with van der Waals surface area (Å²) in [4.78, 5) is 37.9. The Morgan fingerprint density at radius 3 is 2.45 bits per heavy atom. The highest BCUT2D eigenvalue weighted by Crippen LogP contribution is 2.33. The van der Waals surface area contributed by atoms with Crippen LogP contribution in [0.5, 0.6) is 5.75 Å². The minimum atomic E-state index is -1.19. The first-order chi connectivity index (χ1) is 14.5. The molecule has 0 aliphatic carbocycles. The molecule has 1 aromatic carbocycles. The molecule has 1 aromatic heterocycles. The van der Waals surface area contributed by atoms with Gasteiger partial charge in [0.25, 0.3) is 0 Å². The molecule has 0 bridgehead atoms. The number of ether oxygens (including phenoxy) is 1. The fraction of sp³-hybridized carbons (Fsp3) is 0.500. The van der Waals surface area contributed by atoms with E-state index >= 15 is 0 Å². The summed E-state index contributed by atoms with van der Waals surface area (Å²) in [5.41, 5.74) is 0.0341. The van der Waals surface area contributed by atoms with Crippen LogP contribution in [-0.2, 0) is 4.79 Å². The zero-order valence-electron chi connectivity index (χ0n) is 18.5. The predicted octanol–water partition coefficient (Wildman–Crippen LogP) is 2.82. The number of nitrogens with zero attached hydrogens (tertiary/aromatic N) is 4. The number of methoxy groups -OCH3 is 1. The van der Waals surface area contributed by atoms with E-state index in [0.717, 1.165) is 4.90 Å². The first-order valence-corrected chi connectivity index (χ1v) is 9.73. The zero-order chi connectivity index (χ0) is 23.3. The van der Waals surface area contributed by atoms with E-state index in [9.17, 15) is 19.5 Å². The van der Waals surface area contributed by atoms with Crippen molar-refractivity contribution in [3.63, 3.8) is 0 Å². The Balaban J connectivity index is 2.54. The lowest BCUT2D eigenvalue weighted by atomic mass is 9.96. The van der Waals surface area contributed by atoms with Crippen LogP contribution in [0.25, 0.3) is 11.4 Å². The van der Waals surface area contributed by atoms with Gasteiger partial charge in [0.2, 0.25) is 11.7 Å². The Bertz CT molecular complexity index is 936. The number of H-pyrrole nitrogens is 1. The van der Waals surface area contributed by atoms with E-state index in [0.29, 0.717) is 18.3 Å². The second kappa shape index (κ2) is 9.54. The second-order valence-corrected chi connectivity index (χ2v) is 8.45. The lowest BCUT2D eigenvalue weighted by Crippen LogP contribution is -2.56. The molecule has 0 saturated heterocycles. The van der Waals surface area contributed by atoms with Crippen molar-refractivity contribution in [3.05, 3.63) is 17.7 Å². The summed E-state index contributed by atoms with van der Waals surface area (Å²) < 4.78 is 5.24. The van der Waals surface area contributed by atoms with E-state index in [-0.39, 0.29) is 28.7 Å². The van der Waals surface area contributed by atoms with Gasteiger partial charge in [0.05, 0.1) is 18.4 Å². The van der Waals surface area contributed by atoms with Crippen molar-refractivity contribution >= 4 is 24.0 Å². The Morgan fingerprint density at radius 1 is 1.32 bits per heavy atom. The van der Waals surface area contributed by atoms with E-state index in [1.807, 2.05) is 13.8 Å². The van der Waals surface area contributed by atoms with Gasteiger partial charge in [-0.3, -0.25) is 14.5 Å². The molecule has 11 heteroatoms. The van der Waals surface area contributed by atoms with E-state index in [1.165, 1.54) is 19.2 Å². The summed E-state index contributed by atoms with van der Waals surface area (Å²) in [5.74, 6) is -0.0588. The third kappa shape index (κ3) is 5.56. The third-order valence-electron chi connectivity index (χ3n) is 4.58. The number of carbonyl (C=O) groups excluding carboxylic acids is 2. The highest BCUT2D eigenvalue weighted by atomic mass is 16.5. The normalized spacial score (nSPS) is 12.4. The summed E-state index contributed by atoms with van der Waals surface area (Å²) in [6, 6.07) is 2.00. The number of anilines is 1. The van der Waals surface area contributed by atoms with Gasteiger partial charge >= 0.3 is 6.09 Å². The fourth-order valence-electron chi connectivity index (χ4n) is 3.31. The van der Waals surface area contributed by atoms with E-state index in [4.69, 9.17) is 4.74 Å². The summed E-state index contributed by atoms with van der Waals surface area (Å²) in [6.07, 6.45) is -0.265. The van der Waals surface area contributed by atoms with Crippen molar-refractivity contribution < 1.29 is 24.2 Å². The van der Waals surface area contributed by atoms with Gasteiger partial charge in [-0.05, 0) is 44.4 Å². The number of tetrazole rings is 1. The minimum absolute atomic E-state index is 0.0589. The number of amides is 2. The number of aldehydes is 1. The van der Waals surface area contributed by atoms with E-state index in [1.54, 1.807) is 20.8 Å². The standard InChI is InChI=1S/C20H28N6O5/c1-11(2)7-15(26(19(29)30)20(3,4)5)18(28)21-14-9-16(31-6)12(10-27)8-13(14)17-22-24-25-23-17/h8-11,15H,7H2,1-6H3,(H,21,28)(H,29,30)(H,22,23,24,25)/t15-/m1/s1. The van der Waals surface area contributed by atoms with Crippen molar-refractivity contribution in [2.75, 3.05) is 12.4 Å². The van der Waals surface area contributed by atoms with Gasteiger partial charge in [0.1, 0.15) is 11.8 Å². The van der Waals surface area contributed by atoms with E-state index in [2.05, 4.69) is 25.9 Å². The molecular weight excluding hydrogens is 404 g/mol. The Morgan fingerprint density at radius 2 is 2.00 bits per heavy atom. The largest absolute Gasteiger partial charge is 0.496 e. The van der Waals surface area contributed by atoms with Crippen LogP contribution in [0.3, 0.4) is 0 Å². The summed E-state index contributed by atoms with van der Waals surface area (Å²) >= 11 is 0. The molecule has 0 spiro atoms. The Hall–Kier alpha value is -3.50. The van der Waals surface area contributed by atoms with Gasteiger partial charge in [-0.15, -0.1) is 10.2 Å². The molecule has 31 heavy (non-hydrogen) atoms. The molecule has 168 valence electrons. The van der Waals surface area contributed by atoms with Crippen molar-refractivity contribution in [1.82, 2.24) is 25.5 Å². The summed E-state index contributed by atoms with van der Waals surface area (Å²) in [7, 11) is 1.40. The van der Waals surface area contributed by atoms with Gasteiger partial charge in [-0.2, -0.15) is 5.21 Å². The number of aromatic amines is 1. The maximum atomic E-state index is 13.3. The first kappa shape index (κ1) is 23.8. The minimum Gasteiger partial charge on any atom is -0.496 e. The number of aromatic nitrogens is 4. The molecule has 0 radical (unpaired) electrons. The van der Waals surface area contributed by atoms with Gasteiger partial charge in [0.15, 0.2) is 6.29 Å². The van der Waals surface area contributed by atoms with Crippen molar-refractivity contribution in [3.8, 4) is 17.1 Å². The zero-order valence-corrected chi connectivity index (χ0v) is 18.5. The third-order valence-corrected chi connectivity index (χ3v) is 4.58. The molecule has 2 rings (SSSR count). The highest BCUT2D eigenvalue weighted by Gasteiger charge is 2.38. The highest BCUT2D eigenvalue weighted by molar-refractivity contribution is 6.00. The van der Waals surface area contributed by atoms with Crippen LogP contribution in [0.1, 0.15) is 51.4 Å². The smallest absolute Gasteiger partial charge is 0.408 e. The van der Waals surface area contributed by atoms with Gasteiger partial charge in [0, 0.05) is 17.2 Å². The van der Waals surface area contributed by atoms with Crippen LogP contribution in [0, 0.1) is 5.92 Å². The molecule has 1 heterocycles. The number of nitrogens with one attached hydrogen (secondary N) is 2. The average molecular weight is 432 g/mol. The van der Waals surface area contributed by atoms with Crippen molar-refractivity contribution in [1.29, 1.82) is 0 Å². The molecule has 3 N–H and O–H groups in total. The number of rotatable bonds is 8. The van der Waals surface area contributed by atoms with Crippen molar-refractivity contribution in [2.24, 2.45) is 5.92 Å². The van der Waals surface area contributed by atoms with Crippen LogP contribution in [-0.4, -0.2) is 67.6 Å². The lowest BCUT2D eigenvalue weighted by molar-refractivity contribution is -0.123. The van der Waals surface area contributed by atoms with Crippen LogP contribution >= 0.6 is 0 Å². The molecule has 2 amide bonds. The number of hydrogen-bond donors (Lipinski definition) is 3. The molecule has 0 saturated carbocycles. The SMILES string of the molecule is COc1cc(NC(=O)[C@@H](CC(C)C)N(C(=O)O)C(C)(C)C)c(-c2nn[nH]n2)cc1C=O. The molecule has 1 atom stereocenters. The number of carbonyl (C=O) groups is 3. The predicted molar refractivity (Wildman–Crippen MR) is 113 cm³/mol. The number of hydrogen-bond acceptors (Lipinski definition) is 7. The molecule has 11 nitrogen and oxygen atoms in total. The van der Waals surface area contributed by atoms with Crippen LogP contribution < -0.4 is 10.1 Å². The number of benzene rings is 1. The molecule has 0 aliphatic rings. The van der Waals surface area contributed by atoms with Crippen LogP contribution in [0.2, 0.25) is 0 Å².